The van der Waals surface area contributed by atoms with E-state index in [2.05, 4.69) is 5.32 Å². The molecule has 1 unspecified atom stereocenters. The second-order valence-electron chi connectivity index (χ2n) is 3.80. The highest BCUT2D eigenvalue weighted by molar-refractivity contribution is 7.07. The molecule has 0 aliphatic rings. The van der Waals surface area contributed by atoms with Crippen LogP contribution < -0.4 is 5.32 Å². The third-order valence-corrected chi connectivity index (χ3v) is 3.27. The van der Waals surface area contributed by atoms with E-state index in [0.29, 0.717) is 5.69 Å². The standard InChI is InChI=1S/C13H13NO3S/c15-12(9-5-6-18-8-9)7-14-11-4-2-1-3-10(11)13(16)17/h1-6,8,12,14-15H,7H2,(H,16,17). The van der Waals surface area contributed by atoms with Gasteiger partial charge in [-0.15, -0.1) is 0 Å². The highest BCUT2D eigenvalue weighted by Gasteiger charge is 2.11. The van der Waals surface area contributed by atoms with E-state index in [1.807, 2.05) is 16.8 Å². The molecule has 0 aliphatic heterocycles. The smallest absolute Gasteiger partial charge is 0.337 e. The second kappa shape index (κ2) is 5.66. The highest BCUT2D eigenvalue weighted by atomic mass is 32.1. The van der Waals surface area contributed by atoms with Gasteiger partial charge in [-0.1, -0.05) is 12.1 Å². The van der Waals surface area contributed by atoms with E-state index in [1.54, 1.807) is 18.2 Å². The molecule has 2 aromatic rings. The Kier molecular flexibility index (Phi) is 3.96. The van der Waals surface area contributed by atoms with Gasteiger partial charge in [0.15, 0.2) is 0 Å². The molecule has 1 heterocycles. The zero-order valence-electron chi connectivity index (χ0n) is 9.54. The molecule has 0 radical (unpaired) electrons. The van der Waals surface area contributed by atoms with E-state index in [4.69, 9.17) is 5.11 Å². The van der Waals surface area contributed by atoms with E-state index < -0.39 is 12.1 Å². The van der Waals surface area contributed by atoms with Crippen LogP contribution in [0.3, 0.4) is 0 Å². The molecule has 1 aromatic carbocycles. The van der Waals surface area contributed by atoms with Crippen LogP contribution in [0.4, 0.5) is 5.69 Å². The maximum Gasteiger partial charge on any atom is 0.337 e. The van der Waals surface area contributed by atoms with Crippen molar-refractivity contribution in [2.75, 3.05) is 11.9 Å². The van der Waals surface area contributed by atoms with Crippen LogP contribution >= 0.6 is 11.3 Å². The Morgan fingerprint density at radius 1 is 1.33 bits per heavy atom. The van der Waals surface area contributed by atoms with Crippen molar-refractivity contribution in [2.45, 2.75) is 6.10 Å². The van der Waals surface area contributed by atoms with Gasteiger partial charge in [0.25, 0.3) is 0 Å². The third-order valence-electron chi connectivity index (χ3n) is 2.57. The fourth-order valence-corrected chi connectivity index (χ4v) is 2.32. The van der Waals surface area contributed by atoms with Gasteiger partial charge >= 0.3 is 5.97 Å². The van der Waals surface area contributed by atoms with Gasteiger partial charge in [-0.25, -0.2) is 4.79 Å². The first-order valence-corrected chi connectivity index (χ1v) is 6.39. The van der Waals surface area contributed by atoms with Crippen molar-refractivity contribution >= 4 is 23.0 Å². The number of aliphatic hydroxyl groups is 1. The maximum atomic E-state index is 11.0. The minimum atomic E-state index is -0.983. The lowest BCUT2D eigenvalue weighted by Gasteiger charge is -2.13. The predicted molar refractivity (Wildman–Crippen MR) is 71.2 cm³/mol. The van der Waals surface area contributed by atoms with Crippen molar-refractivity contribution in [1.82, 2.24) is 0 Å². The number of hydrogen-bond acceptors (Lipinski definition) is 4. The predicted octanol–water partition coefficient (Wildman–Crippen LogP) is 2.59. The number of thiophene rings is 1. The van der Waals surface area contributed by atoms with Crippen LogP contribution in [-0.2, 0) is 0 Å². The minimum absolute atomic E-state index is 0.204. The molecule has 5 heteroatoms. The Morgan fingerprint density at radius 3 is 2.78 bits per heavy atom. The van der Waals surface area contributed by atoms with E-state index in [-0.39, 0.29) is 12.1 Å². The number of anilines is 1. The molecule has 3 N–H and O–H groups in total. The number of rotatable bonds is 5. The molecule has 2 rings (SSSR count). The number of aromatic carboxylic acids is 1. The van der Waals surface area contributed by atoms with Gasteiger partial charge in [0, 0.05) is 12.2 Å². The van der Waals surface area contributed by atoms with Gasteiger partial charge in [0.1, 0.15) is 0 Å². The Labute approximate surface area is 109 Å². The summed E-state index contributed by atoms with van der Waals surface area (Å²) in [5, 5.41) is 25.6. The largest absolute Gasteiger partial charge is 0.478 e. The average Bonchev–Trinajstić information content (AvgIpc) is 2.90. The summed E-state index contributed by atoms with van der Waals surface area (Å²) in [7, 11) is 0. The lowest BCUT2D eigenvalue weighted by Crippen LogP contribution is -2.13. The summed E-state index contributed by atoms with van der Waals surface area (Å²) < 4.78 is 0. The number of carboxylic acid groups (broad SMARTS) is 1. The Bertz CT molecular complexity index is 525. The second-order valence-corrected chi connectivity index (χ2v) is 4.58. The minimum Gasteiger partial charge on any atom is -0.478 e. The number of carboxylic acids is 1. The molecule has 18 heavy (non-hydrogen) atoms. The van der Waals surface area contributed by atoms with E-state index in [0.717, 1.165) is 5.56 Å². The van der Waals surface area contributed by atoms with Gasteiger partial charge in [-0.05, 0) is 34.5 Å². The van der Waals surface area contributed by atoms with Crippen molar-refractivity contribution < 1.29 is 15.0 Å². The fourth-order valence-electron chi connectivity index (χ4n) is 1.61. The fraction of sp³-hybridized carbons (Fsp3) is 0.154. The Balaban J connectivity index is 2.04. The number of aliphatic hydroxyl groups excluding tert-OH is 1. The van der Waals surface area contributed by atoms with Crippen LogP contribution in [-0.4, -0.2) is 22.7 Å². The number of nitrogens with one attached hydrogen (secondary N) is 1. The molecule has 0 fully saturated rings. The van der Waals surface area contributed by atoms with Crippen LogP contribution in [0.2, 0.25) is 0 Å². The average molecular weight is 263 g/mol. The van der Waals surface area contributed by atoms with E-state index >= 15 is 0 Å². The molecule has 0 amide bonds. The monoisotopic (exact) mass is 263 g/mol. The lowest BCUT2D eigenvalue weighted by atomic mass is 10.1. The zero-order valence-corrected chi connectivity index (χ0v) is 10.4. The van der Waals surface area contributed by atoms with Crippen molar-refractivity contribution in [2.24, 2.45) is 0 Å². The number of para-hydroxylation sites is 1. The summed E-state index contributed by atoms with van der Waals surface area (Å²) in [4.78, 5) is 11.0. The van der Waals surface area contributed by atoms with Crippen molar-refractivity contribution in [3.63, 3.8) is 0 Å². The van der Waals surface area contributed by atoms with E-state index in [9.17, 15) is 9.90 Å². The topological polar surface area (TPSA) is 69.6 Å². The van der Waals surface area contributed by atoms with Gasteiger partial charge in [0.05, 0.1) is 11.7 Å². The molecular formula is C13H13NO3S. The molecule has 1 atom stereocenters. The normalized spacial score (nSPS) is 12.1. The summed E-state index contributed by atoms with van der Waals surface area (Å²) in [5.41, 5.74) is 1.55. The number of hydrogen-bond donors (Lipinski definition) is 3. The SMILES string of the molecule is O=C(O)c1ccccc1NCC(O)c1ccsc1. The van der Waals surface area contributed by atoms with Crippen molar-refractivity contribution in [3.8, 4) is 0 Å². The molecular weight excluding hydrogens is 250 g/mol. The van der Waals surface area contributed by atoms with Crippen LogP contribution in [0.15, 0.2) is 41.1 Å². The summed E-state index contributed by atoms with van der Waals surface area (Å²) in [6.07, 6.45) is -0.641. The summed E-state index contributed by atoms with van der Waals surface area (Å²) >= 11 is 1.52. The number of carbonyl (C=O) groups is 1. The lowest BCUT2D eigenvalue weighted by molar-refractivity contribution is 0.0697. The van der Waals surface area contributed by atoms with Crippen molar-refractivity contribution in [3.05, 3.63) is 52.2 Å². The van der Waals surface area contributed by atoms with Crippen LogP contribution in [0.1, 0.15) is 22.0 Å². The first kappa shape index (κ1) is 12.6. The van der Waals surface area contributed by atoms with Gasteiger partial charge in [-0.3, -0.25) is 0 Å². The van der Waals surface area contributed by atoms with Crippen LogP contribution in [0.5, 0.6) is 0 Å². The molecule has 94 valence electrons. The van der Waals surface area contributed by atoms with Crippen LogP contribution in [0.25, 0.3) is 0 Å². The molecule has 0 saturated carbocycles. The van der Waals surface area contributed by atoms with Gasteiger partial charge in [0.2, 0.25) is 0 Å². The third kappa shape index (κ3) is 2.88. The summed E-state index contributed by atoms with van der Waals surface area (Å²) in [6, 6.07) is 8.49. The van der Waals surface area contributed by atoms with Crippen LogP contribution in [0, 0.1) is 0 Å². The highest BCUT2D eigenvalue weighted by Crippen LogP contribution is 2.19. The molecule has 0 spiro atoms. The van der Waals surface area contributed by atoms with Gasteiger partial charge in [-0.2, -0.15) is 11.3 Å². The summed E-state index contributed by atoms with van der Waals surface area (Å²) in [5.74, 6) is -0.983. The first-order valence-electron chi connectivity index (χ1n) is 5.45. The maximum absolute atomic E-state index is 11.0. The van der Waals surface area contributed by atoms with Crippen molar-refractivity contribution in [1.29, 1.82) is 0 Å². The Morgan fingerprint density at radius 2 is 2.11 bits per heavy atom. The molecule has 0 aliphatic carbocycles. The quantitative estimate of drug-likeness (QED) is 0.775. The first-order chi connectivity index (χ1) is 8.68. The molecule has 0 bridgehead atoms. The van der Waals surface area contributed by atoms with Gasteiger partial charge < -0.3 is 15.5 Å². The molecule has 4 nitrogen and oxygen atoms in total. The number of benzene rings is 1. The zero-order chi connectivity index (χ0) is 13.0. The molecule has 1 aromatic heterocycles. The molecule has 0 saturated heterocycles. The summed E-state index contributed by atoms with van der Waals surface area (Å²) in [6.45, 7) is 0.279. The Hall–Kier alpha value is -1.85. The van der Waals surface area contributed by atoms with E-state index in [1.165, 1.54) is 17.4 Å².